The van der Waals surface area contributed by atoms with Gasteiger partial charge in [0.25, 0.3) is 0 Å². The van der Waals surface area contributed by atoms with Crippen LogP contribution in [0, 0.1) is 6.85 Å². The van der Waals surface area contributed by atoms with Crippen LogP contribution < -0.4 is 0 Å². The average molecular weight is 358 g/mol. The molecule has 0 aliphatic rings. The van der Waals surface area contributed by atoms with Crippen molar-refractivity contribution in [2.45, 2.75) is 85.5 Å². The van der Waals surface area contributed by atoms with E-state index in [1.54, 1.807) is 4.57 Å². The minimum absolute atomic E-state index is 0.0130. The zero-order valence-electron chi connectivity index (χ0n) is 25.4. The van der Waals surface area contributed by atoms with Gasteiger partial charge in [-0.05, 0) is 73.3 Å². The van der Waals surface area contributed by atoms with Crippen molar-refractivity contribution in [1.82, 2.24) is 4.57 Å². The first kappa shape index (κ1) is 11.2. The molecular weight excluding hydrogens is 314 g/mol. The van der Waals surface area contributed by atoms with Gasteiger partial charge in [-0.1, -0.05) is 53.6 Å². The normalized spacial score (nSPS) is 18.7. The number of nitrogens with zero attached hydrogens (tertiary/aromatic N) is 1. The summed E-state index contributed by atoms with van der Waals surface area (Å²) in [6.07, 6.45) is 0. The summed E-state index contributed by atoms with van der Waals surface area (Å²) in [6, 6.07) is -0.305. The van der Waals surface area contributed by atoms with Crippen LogP contribution in [-0.4, -0.2) is 4.57 Å². The molecule has 0 aliphatic heterocycles. The molecule has 0 saturated carbocycles. The van der Waals surface area contributed by atoms with Crippen molar-refractivity contribution in [2.24, 2.45) is 0 Å². The van der Waals surface area contributed by atoms with Gasteiger partial charge in [0.05, 0.1) is 12.4 Å². The SMILES string of the molecule is [2H]c1c(C(C)(C)C)c([2H])c2c3c([2H])c(C(C)(C)C)c([2H])c(C([2H])([2H])[2H])c3n(C(C)(C)C)c2c1[2H]. The van der Waals surface area contributed by atoms with Crippen LogP contribution in [0.5, 0.6) is 0 Å². The van der Waals surface area contributed by atoms with Gasteiger partial charge in [0.2, 0.25) is 0 Å². The van der Waals surface area contributed by atoms with Crippen molar-refractivity contribution in [3.8, 4) is 0 Å². The van der Waals surface area contributed by atoms with E-state index in [1.165, 1.54) is 0 Å². The lowest BCUT2D eigenvalue weighted by Gasteiger charge is -2.26. The molecule has 0 saturated heterocycles. The van der Waals surface area contributed by atoms with E-state index >= 15 is 0 Å². The van der Waals surface area contributed by atoms with Gasteiger partial charge >= 0.3 is 0 Å². The summed E-state index contributed by atoms with van der Waals surface area (Å²) in [5, 5.41) is 0.595. The summed E-state index contributed by atoms with van der Waals surface area (Å²) in [7, 11) is 0. The van der Waals surface area contributed by atoms with E-state index < -0.39 is 23.2 Å². The van der Waals surface area contributed by atoms with Crippen LogP contribution in [0.2, 0.25) is 0 Å². The first-order valence-electron chi connectivity index (χ1n) is 13.2. The zero-order valence-corrected chi connectivity index (χ0v) is 17.4. The number of aryl methyl sites for hydroxylation is 1. The van der Waals surface area contributed by atoms with Crippen LogP contribution >= 0.6 is 0 Å². The van der Waals surface area contributed by atoms with Crippen LogP contribution in [0.1, 0.15) is 90.0 Å². The number of benzene rings is 2. The molecule has 3 rings (SSSR count). The van der Waals surface area contributed by atoms with Crippen LogP contribution in [0.4, 0.5) is 0 Å². The van der Waals surface area contributed by atoms with Crippen molar-refractivity contribution in [3.05, 3.63) is 46.9 Å². The zero-order chi connectivity index (χ0) is 26.5. The minimum Gasteiger partial charge on any atom is -0.335 e. The second-order valence-electron chi connectivity index (χ2n) is 10.2. The van der Waals surface area contributed by atoms with Gasteiger partial charge < -0.3 is 4.57 Å². The first-order chi connectivity index (χ1) is 15.0. The highest BCUT2D eigenvalue weighted by molar-refractivity contribution is 6.10. The smallest absolute Gasteiger partial charge is 0.0645 e. The van der Waals surface area contributed by atoms with Gasteiger partial charge in [-0.25, -0.2) is 0 Å². The number of aromatic nitrogens is 1. The fraction of sp³-hybridized carbons (Fsp3) is 0.520. The molecular formula is C25H35N. The summed E-state index contributed by atoms with van der Waals surface area (Å²) in [6.45, 7) is 14.1. The Kier molecular flexibility index (Phi) is 2.41. The topological polar surface area (TPSA) is 4.93 Å². The summed E-state index contributed by atoms with van der Waals surface area (Å²) in [5.74, 6) is 0. The van der Waals surface area contributed by atoms with E-state index in [9.17, 15) is 1.37 Å². The van der Waals surface area contributed by atoms with Gasteiger partial charge in [0.15, 0.2) is 0 Å². The number of hydrogen-bond acceptors (Lipinski definition) is 0. The van der Waals surface area contributed by atoms with E-state index in [4.69, 9.17) is 9.60 Å². The predicted molar refractivity (Wildman–Crippen MR) is 117 cm³/mol. The van der Waals surface area contributed by atoms with Gasteiger partial charge in [-0.3, -0.25) is 0 Å². The fourth-order valence-corrected chi connectivity index (χ4v) is 3.21. The van der Waals surface area contributed by atoms with Crippen molar-refractivity contribution in [2.75, 3.05) is 0 Å². The molecule has 0 unspecified atom stereocenters. The van der Waals surface area contributed by atoms with Gasteiger partial charge in [-0.15, -0.1) is 0 Å². The maximum Gasteiger partial charge on any atom is 0.0645 e. The molecule has 0 N–H and O–H groups in total. The second-order valence-corrected chi connectivity index (χ2v) is 10.2. The summed E-state index contributed by atoms with van der Waals surface area (Å²) >= 11 is 0. The Morgan fingerprint density at radius 1 is 0.769 bits per heavy atom. The molecule has 3 aromatic rings. The van der Waals surface area contributed by atoms with E-state index in [-0.39, 0.29) is 52.2 Å². The van der Waals surface area contributed by atoms with Crippen LogP contribution in [0.25, 0.3) is 21.8 Å². The van der Waals surface area contributed by atoms with Gasteiger partial charge in [0, 0.05) is 25.9 Å². The third-order valence-corrected chi connectivity index (χ3v) is 4.63. The Labute approximate surface area is 170 Å². The first-order valence-corrected chi connectivity index (χ1v) is 9.17. The summed E-state index contributed by atoms with van der Waals surface area (Å²) in [5.41, 5.74) is -1.04. The number of fused-ring (bicyclic) bond motifs is 3. The molecule has 0 radical (unpaired) electrons. The van der Waals surface area contributed by atoms with Crippen LogP contribution in [0.3, 0.4) is 0 Å². The maximum absolute atomic E-state index is 9.18. The lowest BCUT2D eigenvalue weighted by Crippen LogP contribution is -2.22. The number of hydrogen-bond donors (Lipinski definition) is 0. The van der Waals surface area contributed by atoms with E-state index in [0.717, 1.165) is 0 Å². The second kappa shape index (κ2) is 5.62. The van der Waals surface area contributed by atoms with Crippen molar-refractivity contribution >= 4 is 21.8 Å². The highest BCUT2D eigenvalue weighted by atomic mass is 15.0. The molecule has 0 spiro atoms. The molecule has 140 valence electrons. The summed E-state index contributed by atoms with van der Waals surface area (Å²) in [4.78, 5) is 0. The molecule has 1 aromatic heterocycles. The molecule has 26 heavy (non-hydrogen) atoms. The van der Waals surface area contributed by atoms with Crippen molar-refractivity contribution < 1.29 is 11.0 Å². The highest BCUT2D eigenvalue weighted by Crippen LogP contribution is 2.40. The fourth-order valence-electron chi connectivity index (χ4n) is 3.21. The monoisotopic (exact) mass is 357 g/mol. The Morgan fingerprint density at radius 2 is 1.35 bits per heavy atom. The third-order valence-electron chi connectivity index (χ3n) is 4.63. The van der Waals surface area contributed by atoms with Crippen molar-refractivity contribution in [1.29, 1.82) is 0 Å². The minimum atomic E-state index is -2.65. The molecule has 0 fully saturated rings. The maximum atomic E-state index is 9.18. The third kappa shape index (κ3) is 3.06. The molecule has 1 heteroatoms. The Balaban J connectivity index is 2.96. The van der Waals surface area contributed by atoms with E-state index in [1.807, 2.05) is 62.3 Å². The average Bonchev–Trinajstić information content (AvgIpc) is 2.92. The van der Waals surface area contributed by atoms with Gasteiger partial charge in [0.1, 0.15) is 0 Å². The van der Waals surface area contributed by atoms with Crippen LogP contribution in [-0.2, 0) is 16.4 Å². The van der Waals surface area contributed by atoms with Gasteiger partial charge in [-0.2, -0.15) is 0 Å². The summed E-state index contributed by atoms with van der Waals surface area (Å²) < 4.78 is 71.6. The Hall–Kier alpha value is -1.76. The lowest BCUT2D eigenvalue weighted by molar-refractivity contribution is 0.423. The quantitative estimate of drug-likeness (QED) is 0.393. The molecule has 0 aliphatic carbocycles. The Bertz CT molecular complexity index is 1320. The molecule has 1 nitrogen and oxygen atoms in total. The van der Waals surface area contributed by atoms with E-state index in [2.05, 4.69) is 0 Å². The molecule has 0 atom stereocenters. The number of rotatable bonds is 0. The Morgan fingerprint density at radius 3 is 1.85 bits per heavy atom. The largest absolute Gasteiger partial charge is 0.335 e. The molecule has 2 aromatic carbocycles. The molecule has 1 heterocycles. The highest BCUT2D eigenvalue weighted by Gasteiger charge is 2.25. The molecule has 0 amide bonds. The van der Waals surface area contributed by atoms with Crippen LogP contribution in [0.15, 0.2) is 30.2 Å². The molecule has 0 bridgehead atoms. The van der Waals surface area contributed by atoms with Crippen molar-refractivity contribution in [3.63, 3.8) is 0 Å². The van der Waals surface area contributed by atoms with E-state index in [0.29, 0.717) is 16.5 Å². The standard InChI is InChI=1S/C25H35N/c1-16-13-18(24(5,6)7)15-20-19-14-17(23(2,3)4)11-12-21(19)26(22(16)20)25(8,9)10/h11-15H,1-10H3/i1D3,11D,12D,13D,14D,15D. The predicted octanol–water partition coefficient (Wildman–Crippen LogP) is 7.45. The lowest BCUT2D eigenvalue weighted by atomic mass is 9.84.